The summed E-state index contributed by atoms with van der Waals surface area (Å²) >= 11 is 7.01. The molecule has 1 aliphatic heterocycles. The summed E-state index contributed by atoms with van der Waals surface area (Å²) in [5, 5.41) is 10.0. The van der Waals surface area contributed by atoms with Crippen molar-refractivity contribution in [1.29, 1.82) is 0 Å². The third-order valence-corrected chi connectivity index (χ3v) is 7.62. The van der Waals surface area contributed by atoms with E-state index in [9.17, 15) is 9.90 Å². The predicted octanol–water partition coefficient (Wildman–Crippen LogP) is 5.78. The van der Waals surface area contributed by atoms with Gasteiger partial charge in [0.05, 0.1) is 23.7 Å². The average Bonchev–Trinajstić information content (AvgIpc) is 3.50. The highest BCUT2D eigenvalue weighted by Crippen LogP contribution is 2.41. The number of aliphatic carboxylic acids is 1. The topological polar surface area (TPSA) is 62.7 Å². The summed E-state index contributed by atoms with van der Waals surface area (Å²) < 4.78 is 5.69. The number of hydrogen-bond donors (Lipinski definition) is 1. The third kappa shape index (κ3) is 4.19. The molecule has 3 aromatic rings. The van der Waals surface area contributed by atoms with Crippen LogP contribution in [0, 0.1) is 12.8 Å². The number of likely N-dealkylation sites (tertiary alicyclic amines) is 1. The number of carboxylic acids is 1. The van der Waals surface area contributed by atoms with Crippen LogP contribution in [0.3, 0.4) is 0 Å². The van der Waals surface area contributed by atoms with Crippen molar-refractivity contribution in [2.45, 2.75) is 39.2 Å². The Kier molecular flexibility index (Phi) is 6.32. The highest BCUT2D eigenvalue weighted by atomic mass is 35.5. The van der Waals surface area contributed by atoms with Crippen molar-refractivity contribution < 1.29 is 14.6 Å². The van der Waals surface area contributed by atoms with Crippen molar-refractivity contribution in [2.24, 2.45) is 5.92 Å². The van der Waals surface area contributed by atoms with Crippen LogP contribution in [0.5, 0.6) is 5.88 Å². The first-order valence-electron chi connectivity index (χ1n) is 11.9. The van der Waals surface area contributed by atoms with Gasteiger partial charge in [0.25, 0.3) is 0 Å². The molecule has 6 heteroatoms. The van der Waals surface area contributed by atoms with Crippen LogP contribution in [0.4, 0.5) is 0 Å². The zero-order valence-electron chi connectivity index (χ0n) is 19.6. The Morgan fingerprint density at radius 2 is 1.94 bits per heavy atom. The molecular formula is C28H29ClN2O3. The Hall–Kier alpha value is -2.89. The molecule has 2 aromatic carbocycles. The van der Waals surface area contributed by atoms with Gasteiger partial charge in [0.2, 0.25) is 5.88 Å². The van der Waals surface area contributed by atoms with E-state index in [2.05, 4.69) is 42.2 Å². The van der Waals surface area contributed by atoms with Gasteiger partial charge in [0, 0.05) is 29.8 Å². The van der Waals surface area contributed by atoms with Crippen LogP contribution < -0.4 is 4.74 Å². The van der Waals surface area contributed by atoms with Crippen LogP contribution in [0.1, 0.15) is 35.1 Å². The van der Waals surface area contributed by atoms with Crippen LogP contribution in [0.15, 0.2) is 42.5 Å². The van der Waals surface area contributed by atoms with Gasteiger partial charge in [-0.05, 0) is 67.5 Å². The molecule has 0 spiro atoms. The van der Waals surface area contributed by atoms with E-state index < -0.39 is 5.97 Å². The molecule has 0 radical (unpaired) electrons. The lowest BCUT2D eigenvalue weighted by Crippen LogP contribution is -2.23. The number of halogens is 1. The average molecular weight is 477 g/mol. The molecule has 0 saturated carbocycles. The number of fused-ring (bicyclic) bond motifs is 1. The Labute approximate surface area is 205 Å². The minimum absolute atomic E-state index is 0.306. The normalized spacial score (nSPS) is 17.7. The number of ether oxygens (including phenoxy) is 1. The first kappa shape index (κ1) is 22.9. The molecule has 2 aliphatic rings. The Morgan fingerprint density at radius 1 is 1.18 bits per heavy atom. The van der Waals surface area contributed by atoms with Gasteiger partial charge in [-0.25, -0.2) is 4.98 Å². The van der Waals surface area contributed by atoms with Crippen molar-refractivity contribution >= 4 is 17.6 Å². The van der Waals surface area contributed by atoms with E-state index in [0.29, 0.717) is 30.4 Å². The van der Waals surface area contributed by atoms with E-state index >= 15 is 0 Å². The lowest BCUT2D eigenvalue weighted by molar-refractivity contribution is -0.141. The van der Waals surface area contributed by atoms with Gasteiger partial charge >= 0.3 is 5.97 Å². The smallest absolute Gasteiger partial charge is 0.307 e. The number of rotatable bonds is 6. The molecule has 2 heterocycles. The second-order valence-corrected chi connectivity index (χ2v) is 9.71. The maximum Gasteiger partial charge on any atom is 0.307 e. The van der Waals surface area contributed by atoms with Crippen LogP contribution >= 0.6 is 11.6 Å². The van der Waals surface area contributed by atoms with Crippen molar-refractivity contribution in [2.75, 3.05) is 20.2 Å². The molecule has 1 atom stereocenters. The maximum atomic E-state index is 11.3. The quantitative estimate of drug-likeness (QED) is 0.488. The fourth-order valence-corrected chi connectivity index (χ4v) is 5.71. The molecule has 1 N–H and O–H groups in total. The number of pyridine rings is 1. The largest absolute Gasteiger partial charge is 0.481 e. The second-order valence-electron chi connectivity index (χ2n) is 9.34. The Bertz CT molecular complexity index is 1260. The molecule has 1 fully saturated rings. The number of aryl methyl sites for hydroxylation is 2. The molecule has 34 heavy (non-hydrogen) atoms. The number of hydrogen-bond acceptors (Lipinski definition) is 4. The summed E-state index contributed by atoms with van der Waals surface area (Å²) in [5.74, 6) is -0.464. The first-order valence-corrected chi connectivity index (χ1v) is 12.2. The zero-order valence-corrected chi connectivity index (χ0v) is 20.4. The monoisotopic (exact) mass is 476 g/mol. The van der Waals surface area contributed by atoms with Crippen LogP contribution in [-0.2, 0) is 24.2 Å². The molecule has 0 bridgehead atoms. The number of benzene rings is 2. The van der Waals surface area contributed by atoms with Crippen molar-refractivity contribution in [3.63, 3.8) is 0 Å². The standard InChI is InChI=1S/C28H29ClN2O3/c1-17-14-25(30-27(34-2)24(17)16-31-13-12-19(15-31)28(32)33)23-11-5-10-22(26(23)29)21-9-4-7-18-6-3-8-20(18)21/h4-5,7,9-11,14,19H,3,6,8,12-13,15-16H2,1-2H3,(H,32,33)/t19-/m1/s1. The second kappa shape index (κ2) is 9.40. The molecule has 1 aromatic heterocycles. The highest BCUT2D eigenvalue weighted by molar-refractivity contribution is 6.36. The third-order valence-electron chi connectivity index (χ3n) is 7.22. The Balaban J connectivity index is 1.49. The van der Waals surface area contributed by atoms with E-state index in [0.717, 1.165) is 47.3 Å². The SMILES string of the molecule is COc1nc(-c2cccc(-c3cccc4c3CCC4)c2Cl)cc(C)c1CN1CC[C@@H](C(=O)O)C1. The number of carboxylic acid groups (broad SMARTS) is 1. The highest BCUT2D eigenvalue weighted by Gasteiger charge is 2.29. The van der Waals surface area contributed by atoms with Gasteiger partial charge in [-0.2, -0.15) is 0 Å². The predicted molar refractivity (Wildman–Crippen MR) is 134 cm³/mol. The summed E-state index contributed by atoms with van der Waals surface area (Å²) in [7, 11) is 1.63. The van der Waals surface area contributed by atoms with E-state index in [1.165, 1.54) is 23.1 Å². The Morgan fingerprint density at radius 3 is 2.71 bits per heavy atom. The van der Waals surface area contributed by atoms with Gasteiger partial charge < -0.3 is 9.84 Å². The number of nitrogens with zero attached hydrogens (tertiary/aromatic N) is 2. The molecule has 176 valence electrons. The van der Waals surface area contributed by atoms with E-state index in [1.54, 1.807) is 7.11 Å². The summed E-state index contributed by atoms with van der Waals surface area (Å²) in [6, 6.07) is 14.7. The molecule has 0 amide bonds. The molecule has 0 unspecified atom stereocenters. The van der Waals surface area contributed by atoms with Crippen molar-refractivity contribution in [3.8, 4) is 28.3 Å². The lowest BCUT2D eigenvalue weighted by Gasteiger charge is -2.20. The number of aromatic nitrogens is 1. The van der Waals surface area contributed by atoms with Crippen LogP contribution in [-0.4, -0.2) is 41.2 Å². The summed E-state index contributed by atoms with van der Waals surface area (Å²) in [6.07, 6.45) is 4.08. The van der Waals surface area contributed by atoms with E-state index in [1.807, 2.05) is 12.1 Å². The molecule has 1 saturated heterocycles. The molecule has 1 aliphatic carbocycles. The van der Waals surface area contributed by atoms with E-state index in [-0.39, 0.29) is 5.92 Å². The molecule has 5 nitrogen and oxygen atoms in total. The lowest BCUT2D eigenvalue weighted by atomic mass is 9.94. The van der Waals surface area contributed by atoms with Crippen molar-refractivity contribution in [3.05, 3.63) is 69.7 Å². The first-order chi connectivity index (χ1) is 16.5. The fourth-order valence-electron chi connectivity index (χ4n) is 5.38. The summed E-state index contributed by atoms with van der Waals surface area (Å²) in [4.78, 5) is 18.3. The molecular weight excluding hydrogens is 448 g/mol. The molecule has 5 rings (SSSR count). The van der Waals surface area contributed by atoms with Gasteiger partial charge in [0.1, 0.15) is 0 Å². The maximum absolute atomic E-state index is 11.3. The number of methoxy groups -OCH3 is 1. The van der Waals surface area contributed by atoms with E-state index in [4.69, 9.17) is 21.3 Å². The summed E-state index contributed by atoms with van der Waals surface area (Å²) in [6.45, 7) is 3.98. The minimum Gasteiger partial charge on any atom is -0.481 e. The van der Waals surface area contributed by atoms with Gasteiger partial charge in [-0.3, -0.25) is 9.69 Å². The van der Waals surface area contributed by atoms with Crippen molar-refractivity contribution in [1.82, 2.24) is 9.88 Å². The zero-order chi connectivity index (χ0) is 23.8. The van der Waals surface area contributed by atoms with Gasteiger partial charge in [-0.15, -0.1) is 0 Å². The van der Waals surface area contributed by atoms with Gasteiger partial charge in [-0.1, -0.05) is 48.0 Å². The van der Waals surface area contributed by atoms with Gasteiger partial charge in [0.15, 0.2) is 0 Å². The minimum atomic E-state index is -0.724. The number of carbonyl (C=O) groups is 1. The van der Waals surface area contributed by atoms with Crippen LogP contribution in [0.2, 0.25) is 5.02 Å². The van der Waals surface area contributed by atoms with Crippen LogP contribution in [0.25, 0.3) is 22.4 Å². The fraction of sp³-hybridized carbons (Fsp3) is 0.357. The summed E-state index contributed by atoms with van der Waals surface area (Å²) in [5.41, 5.74) is 8.79.